The minimum atomic E-state index is -3.57. The van der Waals surface area contributed by atoms with Crippen molar-refractivity contribution >= 4 is 15.7 Å². The van der Waals surface area contributed by atoms with Crippen molar-refractivity contribution in [3.8, 4) is 0 Å². The molecule has 0 spiro atoms. The predicted octanol–water partition coefficient (Wildman–Crippen LogP) is 1.91. The average Bonchev–Trinajstić information content (AvgIpc) is 2.40. The molecule has 1 heterocycles. The molecule has 0 saturated heterocycles. The first-order valence-electron chi connectivity index (χ1n) is 5.07. The standard InChI is InChI=1S/C12H12N2O2S/c1-14(11-7-3-2-4-8-11)17(15,16)12-9-5-6-10-13-12/h2-10H,1H3. The third kappa shape index (κ3) is 2.29. The van der Waals surface area contributed by atoms with Gasteiger partial charge in [0.15, 0.2) is 5.03 Å². The second-order valence-electron chi connectivity index (χ2n) is 3.48. The zero-order valence-corrected chi connectivity index (χ0v) is 10.1. The lowest BCUT2D eigenvalue weighted by atomic mass is 10.3. The summed E-state index contributed by atoms with van der Waals surface area (Å²) in [6.45, 7) is 0. The Morgan fingerprint density at radius 2 is 1.65 bits per heavy atom. The van der Waals surface area contributed by atoms with Crippen LogP contribution in [0.3, 0.4) is 0 Å². The molecule has 0 aliphatic carbocycles. The maximum absolute atomic E-state index is 12.2. The quantitative estimate of drug-likeness (QED) is 0.833. The van der Waals surface area contributed by atoms with E-state index in [4.69, 9.17) is 0 Å². The Hall–Kier alpha value is -1.88. The Morgan fingerprint density at radius 1 is 1.00 bits per heavy atom. The van der Waals surface area contributed by atoms with Crippen molar-refractivity contribution < 1.29 is 8.42 Å². The van der Waals surface area contributed by atoms with Gasteiger partial charge < -0.3 is 0 Å². The van der Waals surface area contributed by atoms with Crippen molar-refractivity contribution in [3.63, 3.8) is 0 Å². The van der Waals surface area contributed by atoms with Crippen LogP contribution in [0.25, 0.3) is 0 Å². The summed E-state index contributed by atoms with van der Waals surface area (Å²) in [6.07, 6.45) is 1.46. The maximum atomic E-state index is 12.2. The smallest absolute Gasteiger partial charge is 0.268 e. The lowest BCUT2D eigenvalue weighted by molar-refractivity contribution is 0.590. The van der Waals surface area contributed by atoms with Gasteiger partial charge in [0.2, 0.25) is 0 Å². The summed E-state index contributed by atoms with van der Waals surface area (Å²) in [5.74, 6) is 0. The minimum absolute atomic E-state index is 0.0475. The summed E-state index contributed by atoms with van der Waals surface area (Å²) < 4.78 is 25.6. The second kappa shape index (κ2) is 4.55. The minimum Gasteiger partial charge on any atom is -0.268 e. The van der Waals surface area contributed by atoms with Gasteiger partial charge in [-0.2, -0.15) is 8.42 Å². The van der Waals surface area contributed by atoms with E-state index in [1.807, 2.05) is 6.07 Å². The fraction of sp³-hybridized carbons (Fsp3) is 0.0833. The summed E-state index contributed by atoms with van der Waals surface area (Å²) in [4.78, 5) is 3.87. The Bertz CT molecular complexity index is 582. The monoisotopic (exact) mass is 248 g/mol. The first-order valence-corrected chi connectivity index (χ1v) is 6.51. The van der Waals surface area contributed by atoms with Crippen molar-refractivity contribution in [2.24, 2.45) is 0 Å². The number of sulfonamides is 1. The normalized spacial score (nSPS) is 11.1. The van der Waals surface area contributed by atoms with Crippen molar-refractivity contribution in [1.29, 1.82) is 0 Å². The van der Waals surface area contributed by atoms with Gasteiger partial charge in [0.05, 0.1) is 5.69 Å². The topological polar surface area (TPSA) is 50.3 Å². The summed E-state index contributed by atoms with van der Waals surface area (Å²) in [5, 5.41) is 0.0475. The maximum Gasteiger partial charge on any atom is 0.281 e. The van der Waals surface area contributed by atoms with Crippen LogP contribution in [0.15, 0.2) is 59.8 Å². The van der Waals surface area contributed by atoms with E-state index in [9.17, 15) is 8.42 Å². The molecule has 0 bridgehead atoms. The van der Waals surface area contributed by atoms with Crippen LogP contribution < -0.4 is 4.31 Å². The van der Waals surface area contributed by atoms with Gasteiger partial charge in [0, 0.05) is 13.2 Å². The Kier molecular flexibility index (Phi) is 3.10. The van der Waals surface area contributed by atoms with E-state index < -0.39 is 10.0 Å². The molecule has 2 rings (SSSR count). The molecular weight excluding hydrogens is 236 g/mol. The summed E-state index contributed by atoms with van der Waals surface area (Å²) >= 11 is 0. The van der Waals surface area contributed by atoms with E-state index in [1.54, 1.807) is 36.4 Å². The molecule has 0 aliphatic rings. The van der Waals surface area contributed by atoms with Crippen LogP contribution in [0.5, 0.6) is 0 Å². The third-order valence-electron chi connectivity index (χ3n) is 2.38. The van der Waals surface area contributed by atoms with Gasteiger partial charge in [-0.1, -0.05) is 24.3 Å². The molecule has 0 fully saturated rings. The van der Waals surface area contributed by atoms with Crippen LogP contribution in [-0.4, -0.2) is 20.4 Å². The van der Waals surface area contributed by atoms with Crippen molar-refractivity contribution in [2.75, 3.05) is 11.4 Å². The van der Waals surface area contributed by atoms with Gasteiger partial charge in [-0.15, -0.1) is 0 Å². The van der Waals surface area contributed by atoms with Crippen LogP contribution in [0, 0.1) is 0 Å². The van der Waals surface area contributed by atoms with Crippen LogP contribution in [0.1, 0.15) is 0 Å². The van der Waals surface area contributed by atoms with Crippen molar-refractivity contribution in [1.82, 2.24) is 4.98 Å². The molecule has 0 saturated carbocycles. The number of hydrogen-bond donors (Lipinski definition) is 0. The number of rotatable bonds is 3. The Labute approximate surface area is 101 Å². The molecule has 0 aliphatic heterocycles. The SMILES string of the molecule is CN(c1ccccc1)S(=O)(=O)c1ccccn1. The highest BCUT2D eigenvalue weighted by Gasteiger charge is 2.21. The number of aromatic nitrogens is 1. The lowest BCUT2D eigenvalue weighted by Crippen LogP contribution is -2.27. The largest absolute Gasteiger partial charge is 0.281 e. The molecule has 1 aromatic carbocycles. The Morgan fingerprint density at radius 3 is 2.24 bits per heavy atom. The van der Waals surface area contributed by atoms with Crippen molar-refractivity contribution in [3.05, 3.63) is 54.7 Å². The molecule has 0 atom stereocenters. The van der Waals surface area contributed by atoms with Crippen LogP contribution >= 0.6 is 0 Å². The molecule has 2 aromatic rings. The number of hydrogen-bond acceptors (Lipinski definition) is 3. The molecule has 0 N–H and O–H groups in total. The lowest BCUT2D eigenvalue weighted by Gasteiger charge is -2.18. The van der Waals surface area contributed by atoms with Gasteiger partial charge in [0.1, 0.15) is 0 Å². The highest BCUT2D eigenvalue weighted by Crippen LogP contribution is 2.19. The number of pyridine rings is 1. The van der Waals surface area contributed by atoms with Crippen LogP contribution in [0.2, 0.25) is 0 Å². The fourth-order valence-electron chi connectivity index (χ4n) is 1.42. The van der Waals surface area contributed by atoms with Gasteiger partial charge in [-0.05, 0) is 24.3 Å². The van der Waals surface area contributed by atoms with Gasteiger partial charge >= 0.3 is 0 Å². The predicted molar refractivity (Wildman–Crippen MR) is 66.3 cm³/mol. The number of benzene rings is 1. The van der Waals surface area contributed by atoms with E-state index in [-0.39, 0.29) is 5.03 Å². The van der Waals surface area contributed by atoms with Gasteiger partial charge in [0.25, 0.3) is 10.0 Å². The highest BCUT2D eigenvalue weighted by atomic mass is 32.2. The Balaban J connectivity index is 2.41. The summed E-state index contributed by atoms with van der Waals surface area (Å²) in [5.41, 5.74) is 0.609. The molecule has 4 nitrogen and oxygen atoms in total. The third-order valence-corrected chi connectivity index (χ3v) is 4.08. The van der Waals surface area contributed by atoms with Gasteiger partial charge in [-0.25, -0.2) is 4.98 Å². The number of nitrogens with zero attached hydrogens (tertiary/aromatic N) is 2. The first-order chi connectivity index (χ1) is 8.12. The van der Waals surface area contributed by atoms with E-state index in [2.05, 4.69) is 4.98 Å². The molecular formula is C12H12N2O2S. The molecule has 0 amide bonds. The van der Waals surface area contributed by atoms with E-state index in [0.29, 0.717) is 5.69 Å². The van der Waals surface area contributed by atoms with E-state index in [0.717, 1.165) is 0 Å². The molecule has 1 aromatic heterocycles. The molecule has 17 heavy (non-hydrogen) atoms. The molecule has 88 valence electrons. The van der Waals surface area contributed by atoms with Gasteiger partial charge in [-0.3, -0.25) is 4.31 Å². The molecule has 5 heteroatoms. The van der Waals surface area contributed by atoms with Crippen LogP contribution in [0.4, 0.5) is 5.69 Å². The second-order valence-corrected chi connectivity index (χ2v) is 5.39. The van der Waals surface area contributed by atoms with Crippen molar-refractivity contribution in [2.45, 2.75) is 5.03 Å². The average molecular weight is 248 g/mol. The molecule has 0 unspecified atom stereocenters. The summed E-state index contributed by atoms with van der Waals surface area (Å²) in [6, 6.07) is 13.7. The zero-order valence-electron chi connectivity index (χ0n) is 9.32. The number of para-hydroxylation sites is 1. The summed E-state index contributed by atoms with van der Waals surface area (Å²) in [7, 11) is -2.06. The van der Waals surface area contributed by atoms with E-state index >= 15 is 0 Å². The zero-order chi connectivity index (χ0) is 12.3. The molecule has 0 radical (unpaired) electrons. The first kappa shape index (κ1) is 11.6. The number of anilines is 1. The van der Waals surface area contributed by atoms with E-state index in [1.165, 1.54) is 23.6 Å². The fourth-order valence-corrected chi connectivity index (χ4v) is 2.54. The highest BCUT2D eigenvalue weighted by molar-refractivity contribution is 7.92. The van der Waals surface area contributed by atoms with Crippen LogP contribution in [-0.2, 0) is 10.0 Å².